The zero-order valence-electron chi connectivity index (χ0n) is 16.4. The van der Waals surface area contributed by atoms with Gasteiger partial charge in [0.2, 0.25) is 5.82 Å². The summed E-state index contributed by atoms with van der Waals surface area (Å²) >= 11 is 0. The van der Waals surface area contributed by atoms with Crippen molar-refractivity contribution in [2.45, 2.75) is 6.54 Å². The fraction of sp³-hybridized carbons (Fsp3) is 0.125. The number of hydrogen-bond acceptors (Lipinski definition) is 4. The molecule has 0 saturated carbocycles. The van der Waals surface area contributed by atoms with Crippen molar-refractivity contribution in [3.05, 3.63) is 102 Å². The van der Waals surface area contributed by atoms with Crippen molar-refractivity contribution in [3.8, 4) is 17.1 Å². The number of hydrogen-bond donors (Lipinski definition) is 1. The molecule has 1 amide bonds. The lowest BCUT2D eigenvalue weighted by Crippen LogP contribution is -2.33. The number of aliphatic hydroxyl groups excluding tert-OH is 1. The highest BCUT2D eigenvalue weighted by molar-refractivity contribution is 5.91. The first-order valence-electron chi connectivity index (χ1n) is 9.78. The standard InChI is InChI=1S/C24H22N4O2/c29-17-16-27(18-19-10-4-1-5-11-19)24(30)22-25-23(20-12-6-2-7-13-20)28(26-22)21-14-8-3-9-15-21/h1-15,29H,16-18H2. The van der Waals surface area contributed by atoms with Crippen LogP contribution < -0.4 is 0 Å². The van der Waals surface area contributed by atoms with Gasteiger partial charge in [-0.1, -0.05) is 78.9 Å². The van der Waals surface area contributed by atoms with Crippen LogP contribution in [0, 0.1) is 0 Å². The Morgan fingerprint density at radius 3 is 2.10 bits per heavy atom. The van der Waals surface area contributed by atoms with Gasteiger partial charge in [0.1, 0.15) is 0 Å². The van der Waals surface area contributed by atoms with E-state index in [2.05, 4.69) is 10.1 Å². The molecule has 0 bridgehead atoms. The molecule has 0 spiro atoms. The van der Waals surface area contributed by atoms with Crippen LogP contribution in [0.4, 0.5) is 0 Å². The fourth-order valence-electron chi connectivity index (χ4n) is 3.24. The quantitative estimate of drug-likeness (QED) is 0.517. The lowest BCUT2D eigenvalue weighted by Gasteiger charge is -2.20. The lowest BCUT2D eigenvalue weighted by atomic mass is 10.2. The normalized spacial score (nSPS) is 10.7. The minimum Gasteiger partial charge on any atom is -0.395 e. The average Bonchev–Trinajstić information content (AvgIpc) is 3.26. The fourth-order valence-corrected chi connectivity index (χ4v) is 3.24. The molecule has 6 nitrogen and oxygen atoms in total. The van der Waals surface area contributed by atoms with E-state index in [1.807, 2.05) is 91.0 Å². The summed E-state index contributed by atoms with van der Waals surface area (Å²) in [6.07, 6.45) is 0. The summed E-state index contributed by atoms with van der Waals surface area (Å²) in [7, 11) is 0. The Labute approximate surface area is 175 Å². The van der Waals surface area contributed by atoms with E-state index in [0.29, 0.717) is 12.4 Å². The van der Waals surface area contributed by atoms with Gasteiger partial charge in [0, 0.05) is 18.7 Å². The number of carbonyl (C=O) groups excluding carboxylic acids is 1. The minimum atomic E-state index is -0.320. The van der Waals surface area contributed by atoms with Gasteiger partial charge in [-0.2, -0.15) is 0 Å². The number of carbonyl (C=O) groups is 1. The van der Waals surface area contributed by atoms with Crippen LogP contribution >= 0.6 is 0 Å². The molecule has 0 aliphatic heterocycles. The van der Waals surface area contributed by atoms with E-state index in [0.717, 1.165) is 16.8 Å². The Morgan fingerprint density at radius 1 is 0.867 bits per heavy atom. The van der Waals surface area contributed by atoms with Crippen LogP contribution in [-0.4, -0.2) is 43.8 Å². The first-order chi connectivity index (χ1) is 14.8. The van der Waals surface area contributed by atoms with Crippen molar-refractivity contribution in [3.63, 3.8) is 0 Å². The number of aliphatic hydroxyl groups is 1. The van der Waals surface area contributed by atoms with E-state index >= 15 is 0 Å². The maximum atomic E-state index is 13.2. The van der Waals surface area contributed by atoms with E-state index < -0.39 is 0 Å². The largest absolute Gasteiger partial charge is 0.395 e. The van der Waals surface area contributed by atoms with Gasteiger partial charge in [-0.3, -0.25) is 4.79 Å². The van der Waals surface area contributed by atoms with Crippen LogP contribution in [0.5, 0.6) is 0 Å². The van der Waals surface area contributed by atoms with Crippen LogP contribution in [0.2, 0.25) is 0 Å². The lowest BCUT2D eigenvalue weighted by molar-refractivity contribution is 0.0695. The molecule has 6 heteroatoms. The van der Waals surface area contributed by atoms with E-state index in [-0.39, 0.29) is 24.9 Å². The second kappa shape index (κ2) is 9.15. The van der Waals surface area contributed by atoms with E-state index in [4.69, 9.17) is 0 Å². The molecule has 0 fully saturated rings. The minimum absolute atomic E-state index is 0.0992. The van der Waals surface area contributed by atoms with Gasteiger partial charge in [-0.15, -0.1) is 5.10 Å². The highest BCUT2D eigenvalue weighted by Crippen LogP contribution is 2.21. The summed E-state index contributed by atoms with van der Waals surface area (Å²) in [6, 6.07) is 28.9. The molecule has 0 radical (unpaired) electrons. The van der Waals surface area contributed by atoms with Gasteiger partial charge in [-0.05, 0) is 17.7 Å². The number of para-hydroxylation sites is 1. The van der Waals surface area contributed by atoms with Gasteiger partial charge >= 0.3 is 0 Å². The van der Waals surface area contributed by atoms with Crippen molar-refractivity contribution in [2.75, 3.05) is 13.2 Å². The van der Waals surface area contributed by atoms with Crippen LogP contribution in [0.15, 0.2) is 91.0 Å². The molecule has 0 aliphatic rings. The Morgan fingerprint density at radius 2 is 1.47 bits per heavy atom. The molecule has 30 heavy (non-hydrogen) atoms. The Balaban J connectivity index is 1.72. The predicted molar refractivity (Wildman–Crippen MR) is 115 cm³/mol. The van der Waals surface area contributed by atoms with Crippen molar-refractivity contribution in [1.29, 1.82) is 0 Å². The molecule has 0 atom stereocenters. The molecule has 1 aromatic heterocycles. The van der Waals surface area contributed by atoms with E-state index in [1.165, 1.54) is 0 Å². The number of nitrogens with zero attached hydrogens (tertiary/aromatic N) is 4. The number of rotatable bonds is 7. The van der Waals surface area contributed by atoms with Crippen LogP contribution in [0.1, 0.15) is 16.2 Å². The highest BCUT2D eigenvalue weighted by atomic mass is 16.3. The van der Waals surface area contributed by atoms with Crippen molar-refractivity contribution < 1.29 is 9.90 Å². The van der Waals surface area contributed by atoms with Gasteiger partial charge in [-0.25, -0.2) is 9.67 Å². The summed E-state index contributed by atoms with van der Waals surface area (Å²) in [6.45, 7) is 0.443. The summed E-state index contributed by atoms with van der Waals surface area (Å²) in [5, 5.41) is 14.0. The van der Waals surface area contributed by atoms with E-state index in [1.54, 1.807) is 9.58 Å². The third kappa shape index (κ3) is 4.29. The monoisotopic (exact) mass is 398 g/mol. The van der Waals surface area contributed by atoms with E-state index in [9.17, 15) is 9.90 Å². The Bertz CT molecular complexity index is 1040. The molecule has 4 aromatic rings. The van der Waals surface area contributed by atoms with Crippen molar-refractivity contribution in [2.24, 2.45) is 0 Å². The second-order valence-electron chi connectivity index (χ2n) is 6.81. The molecule has 150 valence electrons. The van der Waals surface area contributed by atoms with Crippen LogP contribution in [-0.2, 0) is 6.54 Å². The van der Waals surface area contributed by atoms with Crippen LogP contribution in [0.3, 0.4) is 0 Å². The molecule has 1 heterocycles. The SMILES string of the molecule is O=C(c1nc(-c2ccccc2)n(-c2ccccc2)n1)N(CCO)Cc1ccccc1. The second-order valence-corrected chi connectivity index (χ2v) is 6.81. The third-order valence-electron chi connectivity index (χ3n) is 4.70. The first kappa shape index (κ1) is 19.5. The van der Waals surface area contributed by atoms with Crippen molar-refractivity contribution >= 4 is 5.91 Å². The van der Waals surface area contributed by atoms with Gasteiger partial charge in [0.15, 0.2) is 5.82 Å². The summed E-state index contributed by atoms with van der Waals surface area (Å²) in [5.74, 6) is 0.371. The van der Waals surface area contributed by atoms with Crippen LogP contribution in [0.25, 0.3) is 17.1 Å². The Hall–Kier alpha value is -3.77. The first-order valence-corrected chi connectivity index (χ1v) is 9.78. The molecule has 3 aromatic carbocycles. The molecule has 0 aliphatic carbocycles. The molecular weight excluding hydrogens is 376 g/mol. The summed E-state index contributed by atoms with van der Waals surface area (Å²) < 4.78 is 1.68. The third-order valence-corrected chi connectivity index (χ3v) is 4.70. The molecule has 4 rings (SSSR count). The highest BCUT2D eigenvalue weighted by Gasteiger charge is 2.23. The molecule has 0 saturated heterocycles. The average molecular weight is 398 g/mol. The van der Waals surface area contributed by atoms with Gasteiger partial charge in [0.25, 0.3) is 5.91 Å². The number of amides is 1. The Kier molecular flexibility index (Phi) is 5.96. The number of aromatic nitrogens is 3. The topological polar surface area (TPSA) is 71.2 Å². The maximum absolute atomic E-state index is 13.2. The van der Waals surface area contributed by atoms with Gasteiger partial charge < -0.3 is 10.0 Å². The summed E-state index contributed by atoms with van der Waals surface area (Å²) in [4.78, 5) is 19.4. The number of benzene rings is 3. The zero-order valence-corrected chi connectivity index (χ0v) is 16.4. The molecule has 1 N–H and O–H groups in total. The summed E-state index contributed by atoms with van der Waals surface area (Å²) in [5.41, 5.74) is 2.66. The smallest absolute Gasteiger partial charge is 0.293 e. The zero-order chi connectivity index (χ0) is 20.8. The maximum Gasteiger partial charge on any atom is 0.293 e. The predicted octanol–water partition coefficient (Wildman–Crippen LogP) is 3.57. The molecule has 0 unspecified atom stereocenters. The molecular formula is C24H22N4O2. The van der Waals surface area contributed by atoms with Crippen molar-refractivity contribution in [1.82, 2.24) is 19.7 Å². The van der Waals surface area contributed by atoms with Gasteiger partial charge in [0.05, 0.1) is 12.3 Å².